The first kappa shape index (κ1) is 13.7. The molecule has 0 saturated carbocycles. The van der Waals surface area contributed by atoms with Crippen LogP contribution in [-0.4, -0.2) is 15.2 Å². The van der Waals surface area contributed by atoms with Gasteiger partial charge in [-0.05, 0) is 42.0 Å². The maximum Gasteiger partial charge on any atom is 0.181 e. The Balaban J connectivity index is 1.87. The van der Waals surface area contributed by atoms with Gasteiger partial charge in [-0.2, -0.15) is 5.10 Å². The predicted octanol–water partition coefficient (Wildman–Crippen LogP) is 3.31. The third-order valence-electron chi connectivity index (χ3n) is 3.13. The molecule has 4 nitrogen and oxygen atoms in total. The minimum atomic E-state index is -0.427. The zero-order valence-corrected chi connectivity index (χ0v) is 11.7. The highest BCUT2D eigenvalue weighted by Gasteiger charge is 2.14. The van der Waals surface area contributed by atoms with Gasteiger partial charge in [-0.15, -0.1) is 0 Å². The molecule has 0 saturated heterocycles. The van der Waals surface area contributed by atoms with Crippen molar-refractivity contribution in [2.75, 3.05) is 0 Å². The third kappa shape index (κ3) is 2.94. The zero-order valence-electron chi connectivity index (χ0n) is 10.9. The number of nitrogens with one attached hydrogen (secondary N) is 1. The molecule has 1 aromatic heterocycles. The Kier molecular flexibility index (Phi) is 3.68. The summed E-state index contributed by atoms with van der Waals surface area (Å²) in [5.41, 5.74) is 7.75. The first-order valence-electron chi connectivity index (χ1n) is 6.33. The second kappa shape index (κ2) is 5.63. The summed E-state index contributed by atoms with van der Waals surface area (Å²) < 4.78 is 12.9. The molecule has 0 amide bonds. The number of benzene rings is 2. The van der Waals surface area contributed by atoms with Gasteiger partial charge < -0.3 is 5.73 Å². The van der Waals surface area contributed by atoms with Crippen LogP contribution in [0.4, 0.5) is 4.39 Å². The minimum absolute atomic E-state index is 0.299. The molecule has 6 heteroatoms. The Morgan fingerprint density at radius 3 is 2.38 bits per heavy atom. The molecule has 2 aromatic carbocycles. The van der Waals surface area contributed by atoms with Crippen molar-refractivity contribution in [1.29, 1.82) is 0 Å². The highest BCUT2D eigenvalue weighted by Crippen LogP contribution is 2.21. The van der Waals surface area contributed by atoms with Crippen LogP contribution < -0.4 is 5.73 Å². The number of hydrogen-bond donors (Lipinski definition) is 2. The highest BCUT2D eigenvalue weighted by atomic mass is 35.5. The lowest BCUT2D eigenvalue weighted by Gasteiger charge is -2.08. The SMILES string of the molecule is N[C@H](c1ccc(Cl)cc1)c1nc(-c2ccc(F)cc2)n[nH]1. The fourth-order valence-corrected chi connectivity index (χ4v) is 2.10. The second-order valence-corrected chi connectivity index (χ2v) is 5.02. The summed E-state index contributed by atoms with van der Waals surface area (Å²) in [6.07, 6.45) is 0. The van der Waals surface area contributed by atoms with E-state index in [1.807, 2.05) is 12.1 Å². The summed E-state index contributed by atoms with van der Waals surface area (Å²) in [5, 5.41) is 7.58. The van der Waals surface area contributed by atoms with E-state index in [-0.39, 0.29) is 5.82 Å². The fourth-order valence-electron chi connectivity index (χ4n) is 1.97. The largest absolute Gasteiger partial charge is 0.318 e. The highest BCUT2D eigenvalue weighted by molar-refractivity contribution is 6.30. The van der Waals surface area contributed by atoms with E-state index in [0.717, 1.165) is 11.1 Å². The molecule has 0 fully saturated rings. The number of H-pyrrole nitrogens is 1. The van der Waals surface area contributed by atoms with Gasteiger partial charge in [0.2, 0.25) is 0 Å². The van der Waals surface area contributed by atoms with Crippen molar-refractivity contribution in [3.8, 4) is 11.4 Å². The summed E-state index contributed by atoms with van der Waals surface area (Å²) >= 11 is 5.85. The molecule has 1 atom stereocenters. The van der Waals surface area contributed by atoms with E-state index in [9.17, 15) is 4.39 Å². The van der Waals surface area contributed by atoms with Gasteiger partial charge in [0.1, 0.15) is 11.6 Å². The number of rotatable bonds is 3. The van der Waals surface area contributed by atoms with Crippen molar-refractivity contribution in [2.45, 2.75) is 6.04 Å². The van der Waals surface area contributed by atoms with E-state index < -0.39 is 6.04 Å². The average Bonchev–Trinajstić information content (AvgIpc) is 2.98. The first-order valence-corrected chi connectivity index (χ1v) is 6.70. The lowest BCUT2D eigenvalue weighted by atomic mass is 10.1. The standard InChI is InChI=1S/C15H12ClFN4/c16-11-5-1-9(2-6-11)13(18)15-19-14(20-21-15)10-3-7-12(17)8-4-10/h1-8,13H,18H2,(H,19,20,21)/t13-/m1/s1. The van der Waals surface area contributed by atoms with Crippen LogP contribution in [-0.2, 0) is 0 Å². The van der Waals surface area contributed by atoms with Crippen LogP contribution >= 0.6 is 11.6 Å². The van der Waals surface area contributed by atoms with Gasteiger partial charge in [0.15, 0.2) is 5.82 Å². The lowest BCUT2D eigenvalue weighted by molar-refractivity contribution is 0.628. The molecule has 0 aliphatic carbocycles. The van der Waals surface area contributed by atoms with Gasteiger partial charge in [-0.1, -0.05) is 23.7 Å². The van der Waals surface area contributed by atoms with Crippen molar-refractivity contribution in [3.63, 3.8) is 0 Å². The van der Waals surface area contributed by atoms with Crippen molar-refractivity contribution in [3.05, 3.63) is 70.8 Å². The van der Waals surface area contributed by atoms with Gasteiger partial charge in [0.05, 0.1) is 6.04 Å². The Hall–Kier alpha value is -2.24. The normalized spacial score (nSPS) is 12.3. The van der Waals surface area contributed by atoms with Crippen LogP contribution in [0.25, 0.3) is 11.4 Å². The monoisotopic (exact) mass is 302 g/mol. The van der Waals surface area contributed by atoms with E-state index >= 15 is 0 Å². The molecule has 0 spiro atoms. The molecule has 0 aliphatic heterocycles. The van der Waals surface area contributed by atoms with Gasteiger partial charge in [-0.3, -0.25) is 5.10 Å². The zero-order chi connectivity index (χ0) is 14.8. The molecule has 0 unspecified atom stereocenters. The van der Waals surface area contributed by atoms with Crippen LogP contribution in [0, 0.1) is 5.82 Å². The average molecular weight is 303 g/mol. The van der Waals surface area contributed by atoms with E-state index in [2.05, 4.69) is 15.2 Å². The van der Waals surface area contributed by atoms with Gasteiger partial charge in [0.25, 0.3) is 0 Å². The van der Waals surface area contributed by atoms with Crippen LogP contribution in [0.5, 0.6) is 0 Å². The number of aromatic amines is 1. The minimum Gasteiger partial charge on any atom is -0.318 e. The van der Waals surface area contributed by atoms with Crippen LogP contribution in [0.2, 0.25) is 5.02 Å². The quantitative estimate of drug-likeness (QED) is 0.780. The maximum atomic E-state index is 12.9. The number of hydrogen-bond acceptors (Lipinski definition) is 3. The molecule has 1 heterocycles. The van der Waals surface area contributed by atoms with E-state index in [1.165, 1.54) is 12.1 Å². The summed E-state index contributed by atoms with van der Waals surface area (Å²) in [7, 11) is 0. The first-order chi connectivity index (χ1) is 10.1. The van der Waals surface area contributed by atoms with Gasteiger partial charge >= 0.3 is 0 Å². The molecule has 3 rings (SSSR count). The Morgan fingerprint density at radius 2 is 1.71 bits per heavy atom. The van der Waals surface area contributed by atoms with Crippen molar-refractivity contribution in [1.82, 2.24) is 15.2 Å². The molecule has 3 aromatic rings. The molecular weight excluding hydrogens is 291 g/mol. The molecule has 0 radical (unpaired) electrons. The van der Waals surface area contributed by atoms with Gasteiger partial charge in [-0.25, -0.2) is 9.37 Å². The molecule has 21 heavy (non-hydrogen) atoms. The smallest absolute Gasteiger partial charge is 0.181 e. The van der Waals surface area contributed by atoms with E-state index in [4.69, 9.17) is 17.3 Å². The molecule has 106 valence electrons. The van der Waals surface area contributed by atoms with Crippen molar-refractivity contribution < 1.29 is 4.39 Å². The van der Waals surface area contributed by atoms with Gasteiger partial charge in [0, 0.05) is 10.6 Å². The van der Waals surface area contributed by atoms with Crippen molar-refractivity contribution in [2.24, 2.45) is 5.73 Å². The molecule has 3 N–H and O–H groups in total. The summed E-state index contributed by atoms with van der Waals surface area (Å²) in [5.74, 6) is 0.721. The number of aromatic nitrogens is 3. The van der Waals surface area contributed by atoms with E-state index in [1.54, 1.807) is 24.3 Å². The van der Waals surface area contributed by atoms with Crippen LogP contribution in [0.3, 0.4) is 0 Å². The summed E-state index contributed by atoms with van der Waals surface area (Å²) in [4.78, 5) is 4.36. The van der Waals surface area contributed by atoms with Crippen LogP contribution in [0.15, 0.2) is 48.5 Å². The summed E-state index contributed by atoms with van der Waals surface area (Å²) in [6.45, 7) is 0. The third-order valence-corrected chi connectivity index (χ3v) is 3.38. The molecular formula is C15H12ClFN4. The Morgan fingerprint density at radius 1 is 1.05 bits per heavy atom. The predicted molar refractivity (Wildman–Crippen MR) is 79.3 cm³/mol. The summed E-state index contributed by atoms with van der Waals surface area (Å²) in [6, 6.07) is 12.8. The molecule has 0 bridgehead atoms. The number of nitrogens with two attached hydrogens (primary N) is 1. The van der Waals surface area contributed by atoms with E-state index in [0.29, 0.717) is 16.7 Å². The lowest BCUT2D eigenvalue weighted by Crippen LogP contribution is -2.13. The topological polar surface area (TPSA) is 67.6 Å². The molecule has 0 aliphatic rings. The Labute approximate surface area is 125 Å². The fraction of sp³-hybridized carbons (Fsp3) is 0.0667. The number of halogens is 2. The van der Waals surface area contributed by atoms with Crippen LogP contribution in [0.1, 0.15) is 17.4 Å². The Bertz CT molecular complexity index is 737. The maximum absolute atomic E-state index is 12.9. The number of nitrogens with zero attached hydrogens (tertiary/aromatic N) is 2. The second-order valence-electron chi connectivity index (χ2n) is 4.58. The van der Waals surface area contributed by atoms with Crippen molar-refractivity contribution >= 4 is 11.6 Å².